The predicted octanol–water partition coefficient (Wildman–Crippen LogP) is 0.990. The zero-order valence-corrected chi connectivity index (χ0v) is 13.4. The van der Waals surface area contributed by atoms with Gasteiger partial charge in [0.25, 0.3) is 0 Å². The molecule has 2 N–H and O–H groups in total. The molecular weight excluding hydrogens is 254 g/mol. The van der Waals surface area contributed by atoms with E-state index in [0.717, 1.165) is 13.1 Å². The lowest BCUT2D eigenvalue weighted by Gasteiger charge is -2.32. The maximum Gasteiger partial charge on any atom is 0.234 e. The number of hydrogen-bond acceptors (Lipinski definition) is 4. The molecule has 0 aromatic heterocycles. The van der Waals surface area contributed by atoms with E-state index in [4.69, 9.17) is 4.74 Å². The minimum Gasteiger partial charge on any atom is -0.383 e. The summed E-state index contributed by atoms with van der Waals surface area (Å²) in [6, 6.07) is 0.965. The van der Waals surface area contributed by atoms with Gasteiger partial charge in [0, 0.05) is 31.8 Å². The molecule has 0 aromatic carbocycles. The summed E-state index contributed by atoms with van der Waals surface area (Å²) in [5.41, 5.74) is 0. The van der Waals surface area contributed by atoms with Gasteiger partial charge in [-0.1, -0.05) is 6.42 Å². The van der Waals surface area contributed by atoms with Crippen molar-refractivity contribution in [1.82, 2.24) is 15.5 Å². The molecule has 0 saturated carbocycles. The minimum atomic E-state index is 0.0642. The molecule has 2 atom stereocenters. The lowest BCUT2D eigenvalue weighted by Crippen LogP contribution is -2.50. The summed E-state index contributed by atoms with van der Waals surface area (Å²) in [6.07, 6.45) is 3.78. The van der Waals surface area contributed by atoms with Gasteiger partial charge in [-0.2, -0.15) is 0 Å². The molecule has 20 heavy (non-hydrogen) atoms. The molecule has 1 rings (SSSR count). The first-order valence-corrected chi connectivity index (χ1v) is 7.78. The van der Waals surface area contributed by atoms with Crippen LogP contribution in [-0.4, -0.2) is 62.3 Å². The van der Waals surface area contributed by atoms with Gasteiger partial charge < -0.3 is 15.4 Å². The molecule has 0 aromatic rings. The third-order valence-electron chi connectivity index (χ3n) is 3.77. The second kappa shape index (κ2) is 9.32. The monoisotopic (exact) mass is 285 g/mol. The summed E-state index contributed by atoms with van der Waals surface area (Å²) >= 11 is 0. The molecule has 5 heteroatoms. The van der Waals surface area contributed by atoms with Gasteiger partial charge >= 0.3 is 0 Å². The molecule has 2 unspecified atom stereocenters. The molecule has 1 fully saturated rings. The Kier molecular flexibility index (Phi) is 8.11. The van der Waals surface area contributed by atoms with Crippen molar-refractivity contribution in [3.8, 4) is 0 Å². The number of rotatable bonds is 8. The molecule has 1 saturated heterocycles. The second-order valence-electron chi connectivity index (χ2n) is 6.09. The zero-order chi connectivity index (χ0) is 15.0. The predicted molar refractivity (Wildman–Crippen MR) is 81.8 cm³/mol. The summed E-state index contributed by atoms with van der Waals surface area (Å²) in [4.78, 5) is 14.3. The Balaban J connectivity index is 2.39. The lowest BCUT2D eigenvalue weighted by molar-refractivity contribution is -0.123. The Hall–Kier alpha value is -0.650. The van der Waals surface area contributed by atoms with Crippen molar-refractivity contribution in [1.29, 1.82) is 0 Å². The number of carbonyl (C=O) groups is 1. The largest absolute Gasteiger partial charge is 0.383 e. The summed E-state index contributed by atoms with van der Waals surface area (Å²) in [7, 11) is 1.65. The molecule has 1 amide bonds. The van der Waals surface area contributed by atoms with Gasteiger partial charge in [0.2, 0.25) is 5.91 Å². The minimum absolute atomic E-state index is 0.0642. The Bertz CT molecular complexity index is 278. The molecule has 0 aliphatic carbocycles. The van der Waals surface area contributed by atoms with E-state index in [9.17, 15) is 4.79 Å². The van der Waals surface area contributed by atoms with Gasteiger partial charge in [-0.25, -0.2) is 0 Å². The Morgan fingerprint density at radius 2 is 2.15 bits per heavy atom. The van der Waals surface area contributed by atoms with E-state index in [1.165, 1.54) is 19.3 Å². The van der Waals surface area contributed by atoms with E-state index in [0.29, 0.717) is 25.2 Å². The highest BCUT2D eigenvalue weighted by Crippen LogP contribution is 2.10. The number of piperidine rings is 1. The van der Waals surface area contributed by atoms with Crippen LogP contribution in [0, 0.1) is 0 Å². The molecule has 1 heterocycles. The Morgan fingerprint density at radius 3 is 2.70 bits per heavy atom. The van der Waals surface area contributed by atoms with E-state index in [1.807, 2.05) is 6.92 Å². The van der Waals surface area contributed by atoms with Crippen LogP contribution in [-0.2, 0) is 9.53 Å². The highest BCUT2D eigenvalue weighted by atomic mass is 16.5. The quantitative estimate of drug-likeness (QED) is 0.698. The number of hydrogen-bond donors (Lipinski definition) is 2. The van der Waals surface area contributed by atoms with Crippen LogP contribution in [0.25, 0.3) is 0 Å². The highest BCUT2D eigenvalue weighted by Gasteiger charge is 2.21. The third-order valence-corrected chi connectivity index (χ3v) is 3.77. The Labute approximate surface area is 123 Å². The van der Waals surface area contributed by atoms with Gasteiger partial charge in [-0.15, -0.1) is 0 Å². The normalized spacial score (nSPS) is 21.2. The van der Waals surface area contributed by atoms with Gasteiger partial charge in [0.1, 0.15) is 0 Å². The average molecular weight is 285 g/mol. The molecule has 5 nitrogen and oxygen atoms in total. The number of ether oxygens (including phenoxy) is 1. The van der Waals surface area contributed by atoms with E-state index < -0.39 is 0 Å². The molecule has 0 bridgehead atoms. The van der Waals surface area contributed by atoms with Crippen LogP contribution in [0.2, 0.25) is 0 Å². The van der Waals surface area contributed by atoms with Crippen LogP contribution >= 0.6 is 0 Å². The van der Waals surface area contributed by atoms with Crippen LogP contribution in [0.3, 0.4) is 0 Å². The first kappa shape index (κ1) is 17.4. The smallest absolute Gasteiger partial charge is 0.234 e. The fraction of sp³-hybridized carbons (Fsp3) is 0.933. The van der Waals surface area contributed by atoms with Crippen molar-refractivity contribution in [2.24, 2.45) is 0 Å². The molecule has 118 valence electrons. The maximum atomic E-state index is 12.1. The van der Waals surface area contributed by atoms with Crippen molar-refractivity contribution in [2.45, 2.75) is 58.2 Å². The summed E-state index contributed by atoms with van der Waals surface area (Å²) < 4.78 is 5.04. The average Bonchev–Trinajstić information content (AvgIpc) is 2.39. The first-order valence-electron chi connectivity index (χ1n) is 7.78. The molecule has 0 spiro atoms. The first-order chi connectivity index (χ1) is 9.52. The molecule has 1 aliphatic heterocycles. The van der Waals surface area contributed by atoms with Crippen LogP contribution < -0.4 is 10.6 Å². The summed E-state index contributed by atoms with van der Waals surface area (Å²) in [5, 5.41) is 6.52. The number of carbonyl (C=O) groups excluding carboxylic acids is 1. The van der Waals surface area contributed by atoms with E-state index >= 15 is 0 Å². The van der Waals surface area contributed by atoms with Gasteiger partial charge in [-0.3, -0.25) is 9.69 Å². The van der Waals surface area contributed by atoms with Crippen LogP contribution in [0.1, 0.15) is 40.0 Å². The second-order valence-corrected chi connectivity index (χ2v) is 6.09. The van der Waals surface area contributed by atoms with Crippen molar-refractivity contribution in [3.05, 3.63) is 0 Å². The zero-order valence-electron chi connectivity index (χ0n) is 13.4. The van der Waals surface area contributed by atoms with Crippen molar-refractivity contribution in [3.63, 3.8) is 0 Å². The van der Waals surface area contributed by atoms with Crippen molar-refractivity contribution >= 4 is 5.91 Å². The molecule has 0 radical (unpaired) electrons. The fourth-order valence-corrected chi connectivity index (χ4v) is 2.62. The van der Waals surface area contributed by atoms with E-state index in [2.05, 4.69) is 29.4 Å². The number of nitrogens with one attached hydrogen (secondary N) is 2. The SMILES string of the molecule is COCC(C)NC(=O)CN(CC1CCCCN1)C(C)C. The van der Waals surface area contributed by atoms with E-state index in [1.54, 1.807) is 7.11 Å². The Morgan fingerprint density at radius 1 is 1.40 bits per heavy atom. The summed E-state index contributed by atoms with van der Waals surface area (Å²) in [5.74, 6) is 0.0825. The molecular formula is C15H31N3O2. The van der Waals surface area contributed by atoms with Gasteiger partial charge in [0.15, 0.2) is 0 Å². The fourth-order valence-electron chi connectivity index (χ4n) is 2.62. The van der Waals surface area contributed by atoms with Crippen molar-refractivity contribution in [2.75, 3.05) is 33.4 Å². The number of amides is 1. The van der Waals surface area contributed by atoms with Crippen LogP contribution in [0.15, 0.2) is 0 Å². The maximum absolute atomic E-state index is 12.1. The number of nitrogens with zero attached hydrogens (tertiary/aromatic N) is 1. The van der Waals surface area contributed by atoms with Crippen LogP contribution in [0.4, 0.5) is 0 Å². The van der Waals surface area contributed by atoms with Crippen molar-refractivity contribution < 1.29 is 9.53 Å². The third kappa shape index (κ3) is 6.68. The van der Waals surface area contributed by atoms with Gasteiger partial charge in [-0.05, 0) is 40.2 Å². The number of methoxy groups -OCH3 is 1. The standard InChI is InChI=1S/C15H31N3O2/c1-12(2)18(9-14-7-5-6-8-16-14)10-15(19)17-13(3)11-20-4/h12-14,16H,5-11H2,1-4H3,(H,17,19). The van der Waals surface area contributed by atoms with Crippen LogP contribution in [0.5, 0.6) is 0 Å². The summed E-state index contributed by atoms with van der Waals surface area (Å²) in [6.45, 7) is 9.33. The van der Waals surface area contributed by atoms with Gasteiger partial charge in [0.05, 0.1) is 13.2 Å². The highest BCUT2D eigenvalue weighted by molar-refractivity contribution is 5.78. The topological polar surface area (TPSA) is 53.6 Å². The lowest BCUT2D eigenvalue weighted by atomic mass is 10.0. The van der Waals surface area contributed by atoms with E-state index in [-0.39, 0.29) is 11.9 Å². The molecule has 1 aliphatic rings.